The Morgan fingerprint density at radius 3 is 2.76 bits per heavy atom. The lowest BCUT2D eigenvalue weighted by molar-refractivity contribution is -0.125. The highest BCUT2D eigenvalue weighted by atomic mass is 35.5. The van der Waals surface area contributed by atoms with Gasteiger partial charge < -0.3 is 9.64 Å². The molecule has 1 amide bonds. The number of hydrogen-bond donors (Lipinski definition) is 0. The lowest BCUT2D eigenvalue weighted by Gasteiger charge is -2.39. The summed E-state index contributed by atoms with van der Waals surface area (Å²) in [7, 11) is 1.64. The van der Waals surface area contributed by atoms with Crippen LogP contribution in [0.1, 0.15) is 12.5 Å². The van der Waals surface area contributed by atoms with E-state index in [0.29, 0.717) is 18.8 Å². The Bertz CT molecular complexity index is 784. The molecule has 132 valence electrons. The van der Waals surface area contributed by atoms with Crippen molar-refractivity contribution in [2.45, 2.75) is 19.5 Å². The Hall–Kier alpha value is -2.11. The van der Waals surface area contributed by atoms with Crippen molar-refractivity contribution in [3.63, 3.8) is 0 Å². The molecule has 1 atom stereocenters. The van der Waals surface area contributed by atoms with Gasteiger partial charge in [-0.1, -0.05) is 23.7 Å². The molecule has 2 aromatic carbocycles. The molecule has 1 fully saturated rings. The average Bonchev–Trinajstić information content (AvgIpc) is 2.62. The summed E-state index contributed by atoms with van der Waals surface area (Å²) < 4.78 is 18.6. The monoisotopic (exact) mass is 362 g/mol. The van der Waals surface area contributed by atoms with Crippen molar-refractivity contribution in [3.8, 4) is 5.75 Å². The Labute approximate surface area is 151 Å². The van der Waals surface area contributed by atoms with Crippen molar-refractivity contribution in [1.82, 2.24) is 4.90 Å². The van der Waals surface area contributed by atoms with Gasteiger partial charge in [0.15, 0.2) is 0 Å². The molecule has 3 rings (SSSR count). The van der Waals surface area contributed by atoms with E-state index in [2.05, 4.69) is 4.90 Å². The van der Waals surface area contributed by atoms with Gasteiger partial charge in [0.05, 0.1) is 18.2 Å². The van der Waals surface area contributed by atoms with Crippen LogP contribution in [0.25, 0.3) is 0 Å². The van der Waals surface area contributed by atoms with E-state index in [4.69, 9.17) is 16.3 Å². The number of methoxy groups -OCH3 is 1. The van der Waals surface area contributed by atoms with E-state index >= 15 is 0 Å². The number of nitrogens with zero attached hydrogens (tertiary/aromatic N) is 2. The topological polar surface area (TPSA) is 32.8 Å². The molecule has 1 aliphatic rings. The van der Waals surface area contributed by atoms with Crippen molar-refractivity contribution in [1.29, 1.82) is 0 Å². The molecular weight excluding hydrogens is 343 g/mol. The molecule has 0 spiro atoms. The molecule has 1 heterocycles. The number of piperazine rings is 1. The maximum absolute atomic E-state index is 13.4. The second-order valence-corrected chi connectivity index (χ2v) is 6.49. The first kappa shape index (κ1) is 17.7. The van der Waals surface area contributed by atoms with Gasteiger partial charge in [0.1, 0.15) is 11.6 Å². The number of amides is 1. The highest BCUT2D eigenvalue weighted by Crippen LogP contribution is 2.26. The maximum Gasteiger partial charge on any atom is 0.244 e. The molecule has 0 saturated carbocycles. The predicted octanol–water partition coefficient (Wildman–Crippen LogP) is 3.73. The highest BCUT2D eigenvalue weighted by Gasteiger charge is 2.32. The lowest BCUT2D eigenvalue weighted by Crippen LogP contribution is -2.55. The smallest absolute Gasteiger partial charge is 0.244 e. The zero-order valence-electron chi connectivity index (χ0n) is 14.2. The molecule has 1 unspecified atom stereocenters. The molecule has 2 aromatic rings. The second-order valence-electron chi connectivity index (χ2n) is 6.09. The number of anilines is 1. The van der Waals surface area contributed by atoms with Crippen LogP contribution in [-0.2, 0) is 11.3 Å². The van der Waals surface area contributed by atoms with Gasteiger partial charge in [0, 0.05) is 25.3 Å². The fourth-order valence-corrected chi connectivity index (χ4v) is 3.22. The van der Waals surface area contributed by atoms with Crippen molar-refractivity contribution in [3.05, 3.63) is 58.9 Å². The quantitative estimate of drug-likeness (QED) is 0.831. The van der Waals surface area contributed by atoms with Crippen LogP contribution in [0.3, 0.4) is 0 Å². The van der Waals surface area contributed by atoms with Crippen molar-refractivity contribution < 1.29 is 13.9 Å². The number of halogens is 2. The van der Waals surface area contributed by atoms with Crippen molar-refractivity contribution >= 4 is 23.2 Å². The summed E-state index contributed by atoms with van der Waals surface area (Å²) in [6, 6.07) is 11.9. The molecule has 6 heteroatoms. The third-order valence-corrected chi connectivity index (χ3v) is 4.81. The van der Waals surface area contributed by atoms with Crippen LogP contribution < -0.4 is 9.64 Å². The fourth-order valence-electron chi connectivity index (χ4n) is 3.04. The Morgan fingerprint density at radius 2 is 2.04 bits per heavy atom. The number of carbonyl (C=O) groups is 1. The van der Waals surface area contributed by atoms with Crippen LogP contribution >= 0.6 is 11.6 Å². The molecule has 1 saturated heterocycles. The Morgan fingerprint density at radius 1 is 1.24 bits per heavy atom. The first-order valence-electron chi connectivity index (χ1n) is 8.13. The normalized spacial score (nSPS) is 18.5. The summed E-state index contributed by atoms with van der Waals surface area (Å²) in [5, 5.41) is 0.0248. The molecule has 0 aromatic heterocycles. The van der Waals surface area contributed by atoms with E-state index in [1.165, 1.54) is 12.1 Å². The van der Waals surface area contributed by atoms with Gasteiger partial charge in [0.25, 0.3) is 0 Å². The Kier molecular flexibility index (Phi) is 5.25. The van der Waals surface area contributed by atoms with Gasteiger partial charge in [-0.2, -0.15) is 0 Å². The second kappa shape index (κ2) is 7.42. The van der Waals surface area contributed by atoms with Gasteiger partial charge in [0.2, 0.25) is 5.91 Å². The highest BCUT2D eigenvalue weighted by molar-refractivity contribution is 6.31. The molecule has 25 heavy (non-hydrogen) atoms. The SMILES string of the molecule is COc1cccc(CN2CCN(c3ccc(F)c(Cl)c3)C(=O)C2C)c1. The van der Waals surface area contributed by atoms with E-state index in [1.807, 2.05) is 31.2 Å². The van der Waals surface area contributed by atoms with Crippen LogP contribution in [-0.4, -0.2) is 37.0 Å². The zero-order chi connectivity index (χ0) is 18.0. The van der Waals surface area contributed by atoms with Crippen LogP contribution in [0.2, 0.25) is 5.02 Å². The molecule has 0 N–H and O–H groups in total. The average molecular weight is 363 g/mol. The standard InChI is InChI=1S/C19H20ClFN2O2/c1-13-19(24)23(15-6-7-18(21)17(20)11-15)9-8-22(13)12-14-4-3-5-16(10-14)25-2/h3-7,10-11,13H,8-9,12H2,1-2H3. The van der Waals surface area contributed by atoms with Crippen LogP contribution in [0.15, 0.2) is 42.5 Å². The van der Waals surface area contributed by atoms with Crippen molar-refractivity contribution in [2.75, 3.05) is 25.1 Å². The van der Waals surface area contributed by atoms with Crippen LogP contribution in [0.4, 0.5) is 10.1 Å². The number of benzene rings is 2. The summed E-state index contributed by atoms with van der Waals surface area (Å²) in [5.41, 5.74) is 1.72. The van der Waals surface area contributed by atoms with E-state index < -0.39 is 5.82 Å². The summed E-state index contributed by atoms with van der Waals surface area (Å²) >= 11 is 5.85. The maximum atomic E-state index is 13.4. The minimum Gasteiger partial charge on any atom is -0.497 e. The molecule has 1 aliphatic heterocycles. The minimum absolute atomic E-state index is 0.0168. The van der Waals surface area contributed by atoms with Gasteiger partial charge >= 0.3 is 0 Å². The number of carbonyl (C=O) groups excluding carboxylic acids is 1. The van der Waals surface area contributed by atoms with Gasteiger partial charge in [-0.25, -0.2) is 4.39 Å². The largest absolute Gasteiger partial charge is 0.497 e. The number of ether oxygens (including phenoxy) is 1. The summed E-state index contributed by atoms with van der Waals surface area (Å²) in [6.07, 6.45) is 0. The van der Waals surface area contributed by atoms with Gasteiger partial charge in [-0.05, 0) is 42.8 Å². The van der Waals surface area contributed by atoms with Crippen LogP contribution in [0, 0.1) is 5.82 Å². The molecular formula is C19H20ClFN2O2. The van der Waals surface area contributed by atoms with Crippen molar-refractivity contribution in [2.24, 2.45) is 0 Å². The summed E-state index contributed by atoms with van der Waals surface area (Å²) in [6.45, 7) is 3.82. The summed E-state index contributed by atoms with van der Waals surface area (Å²) in [4.78, 5) is 16.6. The first-order valence-corrected chi connectivity index (χ1v) is 8.51. The minimum atomic E-state index is -0.484. The van der Waals surface area contributed by atoms with E-state index in [0.717, 1.165) is 17.9 Å². The van der Waals surface area contributed by atoms with E-state index in [9.17, 15) is 9.18 Å². The first-order chi connectivity index (χ1) is 12.0. The number of rotatable bonds is 4. The molecule has 0 aliphatic carbocycles. The third kappa shape index (κ3) is 3.78. The van der Waals surface area contributed by atoms with Crippen LogP contribution in [0.5, 0.6) is 5.75 Å². The predicted molar refractivity (Wildman–Crippen MR) is 96.6 cm³/mol. The van der Waals surface area contributed by atoms with E-state index in [1.54, 1.807) is 18.1 Å². The third-order valence-electron chi connectivity index (χ3n) is 4.52. The molecule has 0 radical (unpaired) electrons. The Balaban J connectivity index is 1.73. The fraction of sp³-hybridized carbons (Fsp3) is 0.316. The summed E-state index contributed by atoms with van der Waals surface area (Å²) in [5.74, 6) is 0.301. The number of hydrogen-bond acceptors (Lipinski definition) is 3. The van der Waals surface area contributed by atoms with Gasteiger partial charge in [-0.15, -0.1) is 0 Å². The molecule has 0 bridgehead atoms. The zero-order valence-corrected chi connectivity index (χ0v) is 15.0. The lowest BCUT2D eigenvalue weighted by atomic mass is 10.1. The molecule has 4 nitrogen and oxygen atoms in total. The van der Waals surface area contributed by atoms with E-state index in [-0.39, 0.29) is 17.0 Å². The van der Waals surface area contributed by atoms with Gasteiger partial charge in [-0.3, -0.25) is 9.69 Å².